The Balaban J connectivity index is 1.64. The second-order valence-corrected chi connectivity index (χ2v) is 6.80. The van der Waals surface area contributed by atoms with Crippen molar-refractivity contribution in [2.75, 3.05) is 13.7 Å². The lowest BCUT2D eigenvalue weighted by atomic mass is 10.1. The van der Waals surface area contributed by atoms with Gasteiger partial charge in [-0.05, 0) is 50.1 Å². The van der Waals surface area contributed by atoms with E-state index >= 15 is 0 Å². The minimum absolute atomic E-state index is 0.0979. The Morgan fingerprint density at radius 3 is 2.52 bits per heavy atom. The van der Waals surface area contributed by atoms with Crippen molar-refractivity contribution < 1.29 is 14.3 Å². The molecule has 0 saturated heterocycles. The van der Waals surface area contributed by atoms with E-state index in [0.717, 1.165) is 27.7 Å². The van der Waals surface area contributed by atoms with Gasteiger partial charge in [0.1, 0.15) is 0 Å². The Kier molecular flexibility index (Phi) is 5.31. The minimum atomic E-state index is -0.496. The fourth-order valence-corrected chi connectivity index (χ4v) is 3.07. The van der Waals surface area contributed by atoms with Gasteiger partial charge in [-0.1, -0.05) is 30.3 Å². The van der Waals surface area contributed by atoms with Crippen molar-refractivity contribution in [2.45, 2.75) is 26.8 Å². The molecule has 0 spiro atoms. The SMILES string of the molecule is Cc1[nH]c2ccc(C(=O)OCC(=O)N(C)C(C)c3ccccc3)cc2c1C. The van der Waals surface area contributed by atoms with Crippen LogP contribution in [0.4, 0.5) is 0 Å². The third-order valence-corrected chi connectivity index (χ3v) is 5.13. The summed E-state index contributed by atoms with van der Waals surface area (Å²) >= 11 is 0. The van der Waals surface area contributed by atoms with Crippen LogP contribution in [0, 0.1) is 13.8 Å². The number of aromatic amines is 1. The molecule has 3 rings (SSSR count). The van der Waals surface area contributed by atoms with Gasteiger partial charge in [0, 0.05) is 23.6 Å². The number of nitrogens with one attached hydrogen (secondary N) is 1. The van der Waals surface area contributed by atoms with Crippen molar-refractivity contribution in [1.82, 2.24) is 9.88 Å². The monoisotopic (exact) mass is 364 g/mol. The molecule has 0 saturated carbocycles. The molecule has 0 aliphatic rings. The molecule has 1 N–H and O–H groups in total. The van der Waals surface area contributed by atoms with Crippen LogP contribution in [0.3, 0.4) is 0 Å². The standard InChI is InChI=1S/C22H24N2O3/c1-14-15(2)23-20-11-10-18(12-19(14)20)22(26)27-13-21(25)24(4)16(3)17-8-6-5-7-9-17/h5-12,16,23H,13H2,1-4H3. The number of H-pyrrole nitrogens is 1. The Labute approximate surface area is 158 Å². The molecule has 5 nitrogen and oxygen atoms in total. The maximum atomic E-state index is 12.4. The third kappa shape index (κ3) is 3.87. The van der Waals surface area contributed by atoms with Gasteiger partial charge in [-0.3, -0.25) is 4.79 Å². The largest absolute Gasteiger partial charge is 0.452 e. The first kappa shape index (κ1) is 18.7. The van der Waals surface area contributed by atoms with E-state index in [1.807, 2.05) is 57.2 Å². The molecular formula is C22H24N2O3. The number of amides is 1. The molecule has 0 bridgehead atoms. The molecule has 0 aliphatic carbocycles. The van der Waals surface area contributed by atoms with Crippen LogP contribution in [0.15, 0.2) is 48.5 Å². The van der Waals surface area contributed by atoms with Gasteiger partial charge < -0.3 is 14.6 Å². The fraction of sp³-hybridized carbons (Fsp3) is 0.273. The van der Waals surface area contributed by atoms with E-state index in [0.29, 0.717) is 5.56 Å². The normalized spacial score (nSPS) is 12.0. The van der Waals surface area contributed by atoms with E-state index in [1.54, 1.807) is 24.1 Å². The van der Waals surface area contributed by atoms with Crippen LogP contribution in [0.5, 0.6) is 0 Å². The molecule has 0 radical (unpaired) electrons. The molecule has 1 aromatic heterocycles. The number of aryl methyl sites for hydroxylation is 2. The first-order valence-corrected chi connectivity index (χ1v) is 8.95. The van der Waals surface area contributed by atoms with Crippen LogP contribution in [0.2, 0.25) is 0 Å². The summed E-state index contributed by atoms with van der Waals surface area (Å²) in [7, 11) is 1.71. The fourth-order valence-electron chi connectivity index (χ4n) is 3.07. The van der Waals surface area contributed by atoms with Gasteiger partial charge >= 0.3 is 5.97 Å². The van der Waals surface area contributed by atoms with Gasteiger partial charge in [-0.2, -0.15) is 0 Å². The molecule has 5 heteroatoms. The quantitative estimate of drug-likeness (QED) is 0.692. The summed E-state index contributed by atoms with van der Waals surface area (Å²) in [4.78, 5) is 29.6. The Hall–Kier alpha value is -3.08. The zero-order chi connectivity index (χ0) is 19.6. The predicted octanol–water partition coefficient (Wildman–Crippen LogP) is 4.16. The molecule has 3 aromatic rings. The van der Waals surface area contributed by atoms with Crippen LogP contribution in [-0.2, 0) is 9.53 Å². The predicted molar refractivity (Wildman–Crippen MR) is 106 cm³/mol. The van der Waals surface area contributed by atoms with Gasteiger partial charge in [0.05, 0.1) is 11.6 Å². The third-order valence-electron chi connectivity index (χ3n) is 5.13. The van der Waals surface area contributed by atoms with E-state index in [9.17, 15) is 9.59 Å². The first-order valence-electron chi connectivity index (χ1n) is 8.95. The molecule has 1 unspecified atom stereocenters. The number of hydrogen-bond donors (Lipinski definition) is 1. The number of nitrogens with zero attached hydrogens (tertiary/aromatic N) is 1. The van der Waals surface area contributed by atoms with E-state index < -0.39 is 5.97 Å². The molecule has 2 aromatic carbocycles. The van der Waals surface area contributed by atoms with Crippen molar-refractivity contribution in [3.05, 3.63) is 70.9 Å². The summed E-state index contributed by atoms with van der Waals surface area (Å²) < 4.78 is 5.25. The Morgan fingerprint density at radius 1 is 1.11 bits per heavy atom. The highest BCUT2D eigenvalue weighted by atomic mass is 16.5. The van der Waals surface area contributed by atoms with Crippen LogP contribution < -0.4 is 0 Å². The summed E-state index contributed by atoms with van der Waals surface area (Å²) in [6.45, 7) is 5.66. The summed E-state index contributed by atoms with van der Waals surface area (Å²) in [6, 6.07) is 15.0. The summed E-state index contributed by atoms with van der Waals surface area (Å²) in [5.74, 6) is -0.737. The first-order chi connectivity index (χ1) is 12.9. The lowest BCUT2D eigenvalue weighted by Crippen LogP contribution is -2.33. The lowest BCUT2D eigenvalue weighted by Gasteiger charge is -2.25. The maximum absolute atomic E-state index is 12.4. The van der Waals surface area contributed by atoms with Crippen molar-refractivity contribution >= 4 is 22.8 Å². The zero-order valence-corrected chi connectivity index (χ0v) is 16.1. The molecule has 0 fully saturated rings. The molecule has 1 amide bonds. The molecule has 140 valence electrons. The number of carbonyl (C=O) groups is 2. The molecule has 0 aliphatic heterocycles. The number of hydrogen-bond acceptors (Lipinski definition) is 3. The smallest absolute Gasteiger partial charge is 0.338 e. The van der Waals surface area contributed by atoms with Gasteiger partial charge in [0.15, 0.2) is 6.61 Å². The number of esters is 1. The van der Waals surface area contributed by atoms with Gasteiger partial charge in [-0.15, -0.1) is 0 Å². The number of aromatic nitrogens is 1. The second kappa shape index (κ2) is 7.66. The van der Waals surface area contributed by atoms with E-state index in [-0.39, 0.29) is 18.6 Å². The van der Waals surface area contributed by atoms with Crippen LogP contribution in [0.1, 0.15) is 40.1 Å². The van der Waals surface area contributed by atoms with Crippen molar-refractivity contribution in [1.29, 1.82) is 0 Å². The maximum Gasteiger partial charge on any atom is 0.338 e. The number of carbonyl (C=O) groups excluding carboxylic acids is 2. The highest BCUT2D eigenvalue weighted by molar-refractivity contribution is 5.96. The van der Waals surface area contributed by atoms with E-state index in [2.05, 4.69) is 4.98 Å². The summed E-state index contributed by atoms with van der Waals surface area (Å²) in [5, 5.41) is 0.989. The molecular weight excluding hydrogens is 340 g/mol. The molecule has 1 atom stereocenters. The van der Waals surface area contributed by atoms with Crippen molar-refractivity contribution in [3.63, 3.8) is 0 Å². The van der Waals surface area contributed by atoms with E-state index in [4.69, 9.17) is 4.74 Å². The average molecular weight is 364 g/mol. The van der Waals surface area contributed by atoms with Crippen LogP contribution >= 0.6 is 0 Å². The minimum Gasteiger partial charge on any atom is -0.452 e. The lowest BCUT2D eigenvalue weighted by molar-refractivity contribution is -0.135. The highest BCUT2D eigenvalue weighted by Crippen LogP contribution is 2.23. The number of fused-ring (bicyclic) bond motifs is 1. The van der Waals surface area contributed by atoms with E-state index in [1.165, 1.54) is 0 Å². The van der Waals surface area contributed by atoms with Gasteiger partial charge in [-0.25, -0.2) is 4.79 Å². The number of likely N-dealkylation sites (N-methyl/N-ethyl adjacent to an activating group) is 1. The Bertz CT molecular complexity index is 976. The van der Waals surface area contributed by atoms with Crippen LogP contribution in [-0.4, -0.2) is 35.4 Å². The summed E-state index contributed by atoms with van der Waals surface area (Å²) in [6.07, 6.45) is 0. The van der Waals surface area contributed by atoms with Crippen LogP contribution in [0.25, 0.3) is 10.9 Å². The molecule has 27 heavy (non-hydrogen) atoms. The van der Waals surface area contributed by atoms with Crippen molar-refractivity contribution in [3.8, 4) is 0 Å². The summed E-state index contributed by atoms with van der Waals surface area (Å²) in [5.41, 5.74) is 4.63. The zero-order valence-electron chi connectivity index (χ0n) is 16.1. The van der Waals surface area contributed by atoms with Gasteiger partial charge in [0.2, 0.25) is 0 Å². The molecule has 1 heterocycles. The Morgan fingerprint density at radius 2 is 1.81 bits per heavy atom. The second-order valence-electron chi connectivity index (χ2n) is 6.80. The number of benzene rings is 2. The van der Waals surface area contributed by atoms with Crippen molar-refractivity contribution in [2.24, 2.45) is 0 Å². The highest BCUT2D eigenvalue weighted by Gasteiger charge is 2.19. The topological polar surface area (TPSA) is 62.4 Å². The van der Waals surface area contributed by atoms with Gasteiger partial charge in [0.25, 0.3) is 5.91 Å². The average Bonchev–Trinajstić information content (AvgIpc) is 2.98. The number of ether oxygens (including phenoxy) is 1. The number of rotatable bonds is 5.